The standard InChI is InChI=1S/C7H12N4O/c1-2-8-7(5-12-3-1)6-4-9-11-10-6/h4,7-8H,1-3,5H2,(H,9,10,11). The minimum atomic E-state index is 0.200. The van der Waals surface area contributed by atoms with Gasteiger partial charge in [0, 0.05) is 6.61 Å². The summed E-state index contributed by atoms with van der Waals surface area (Å²) in [5, 5.41) is 13.7. The van der Waals surface area contributed by atoms with Crippen molar-refractivity contribution in [2.45, 2.75) is 12.5 Å². The number of ether oxygens (including phenoxy) is 1. The average Bonchev–Trinajstić information content (AvgIpc) is 2.48. The minimum absolute atomic E-state index is 0.200. The second-order valence-corrected chi connectivity index (χ2v) is 2.83. The normalized spacial score (nSPS) is 25.2. The maximum Gasteiger partial charge on any atom is 0.102 e. The van der Waals surface area contributed by atoms with Crippen LogP contribution in [0.5, 0.6) is 0 Å². The summed E-state index contributed by atoms with van der Waals surface area (Å²) in [7, 11) is 0. The van der Waals surface area contributed by atoms with Crippen LogP contribution >= 0.6 is 0 Å². The Balaban J connectivity index is 2.02. The monoisotopic (exact) mass is 168 g/mol. The third-order valence-corrected chi connectivity index (χ3v) is 1.93. The van der Waals surface area contributed by atoms with Crippen LogP contribution < -0.4 is 5.32 Å². The van der Waals surface area contributed by atoms with Gasteiger partial charge < -0.3 is 10.1 Å². The average molecular weight is 168 g/mol. The SMILES string of the molecule is c1n[nH]nc1C1COCCCN1. The Morgan fingerprint density at radius 1 is 1.58 bits per heavy atom. The van der Waals surface area contributed by atoms with Crippen molar-refractivity contribution < 1.29 is 4.74 Å². The lowest BCUT2D eigenvalue weighted by molar-refractivity contribution is 0.130. The highest BCUT2D eigenvalue weighted by molar-refractivity contribution is 4.99. The van der Waals surface area contributed by atoms with Crippen molar-refractivity contribution in [1.82, 2.24) is 20.7 Å². The molecule has 12 heavy (non-hydrogen) atoms. The van der Waals surface area contributed by atoms with Crippen LogP contribution in [0.2, 0.25) is 0 Å². The van der Waals surface area contributed by atoms with Gasteiger partial charge in [0.05, 0.1) is 18.8 Å². The van der Waals surface area contributed by atoms with E-state index in [1.807, 2.05) is 0 Å². The lowest BCUT2D eigenvalue weighted by Crippen LogP contribution is -2.23. The zero-order valence-corrected chi connectivity index (χ0v) is 6.79. The lowest BCUT2D eigenvalue weighted by Gasteiger charge is -2.10. The first-order chi connectivity index (χ1) is 5.97. The molecule has 1 unspecified atom stereocenters. The Hall–Kier alpha value is -0.940. The quantitative estimate of drug-likeness (QED) is 0.612. The van der Waals surface area contributed by atoms with Crippen LogP contribution in [0.3, 0.4) is 0 Å². The summed E-state index contributed by atoms with van der Waals surface area (Å²) >= 11 is 0. The third kappa shape index (κ3) is 1.62. The number of hydrogen-bond donors (Lipinski definition) is 2. The van der Waals surface area contributed by atoms with Crippen molar-refractivity contribution in [3.8, 4) is 0 Å². The lowest BCUT2D eigenvalue weighted by atomic mass is 10.2. The van der Waals surface area contributed by atoms with E-state index in [-0.39, 0.29) is 6.04 Å². The van der Waals surface area contributed by atoms with Gasteiger partial charge in [0.15, 0.2) is 0 Å². The number of nitrogens with zero attached hydrogens (tertiary/aromatic N) is 2. The largest absolute Gasteiger partial charge is 0.379 e. The van der Waals surface area contributed by atoms with Crippen LogP contribution in [0, 0.1) is 0 Å². The summed E-state index contributed by atoms with van der Waals surface area (Å²) in [5.74, 6) is 0. The molecular weight excluding hydrogens is 156 g/mol. The second kappa shape index (κ2) is 3.64. The second-order valence-electron chi connectivity index (χ2n) is 2.83. The molecule has 5 nitrogen and oxygen atoms in total. The van der Waals surface area contributed by atoms with Gasteiger partial charge in [0.1, 0.15) is 5.69 Å². The summed E-state index contributed by atoms with van der Waals surface area (Å²) < 4.78 is 5.39. The van der Waals surface area contributed by atoms with Crippen LogP contribution in [-0.4, -0.2) is 35.2 Å². The summed E-state index contributed by atoms with van der Waals surface area (Å²) in [5.41, 5.74) is 0.928. The molecule has 1 saturated heterocycles. The molecule has 0 amide bonds. The number of rotatable bonds is 1. The van der Waals surface area contributed by atoms with E-state index < -0.39 is 0 Å². The molecule has 66 valence electrons. The highest BCUT2D eigenvalue weighted by Gasteiger charge is 2.15. The van der Waals surface area contributed by atoms with E-state index >= 15 is 0 Å². The van der Waals surface area contributed by atoms with Crippen molar-refractivity contribution in [2.24, 2.45) is 0 Å². The molecule has 0 aromatic carbocycles. The molecular formula is C7H12N4O. The van der Waals surface area contributed by atoms with E-state index in [0.29, 0.717) is 6.61 Å². The van der Waals surface area contributed by atoms with Crippen LogP contribution in [0.15, 0.2) is 6.20 Å². The predicted molar refractivity (Wildman–Crippen MR) is 42.6 cm³/mol. The minimum Gasteiger partial charge on any atom is -0.379 e. The Labute approximate surface area is 70.5 Å². The fraction of sp³-hybridized carbons (Fsp3) is 0.714. The topological polar surface area (TPSA) is 62.8 Å². The van der Waals surface area contributed by atoms with E-state index in [9.17, 15) is 0 Å². The molecule has 1 aromatic rings. The highest BCUT2D eigenvalue weighted by atomic mass is 16.5. The van der Waals surface area contributed by atoms with Crippen molar-refractivity contribution >= 4 is 0 Å². The predicted octanol–water partition coefficient (Wildman–Crippen LogP) is -0.144. The van der Waals surface area contributed by atoms with Gasteiger partial charge >= 0.3 is 0 Å². The summed E-state index contributed by atoms with van der Waals surface area (Å²) in [6.07, 6.45) is 2.79. The fourth-order valence-corrected chi connectivity index (χ4v) is 1.28. The van der Waals surface area contributed by atoms with Gasteiger partial charge in [-0.15, -0.1) is 0 Å². The van der Waals surface area contributed by atoms with Gasteiger partial charge in [-0.25, -0.2) is 0 Å². The molecule has 1 aromatic heterocycles. The first kappa shape index (κ1) is 7.70. The molecule has 2 heterocycles. The molecule has 5 heteroatoms. The van der Waals surface area contributed by atoms with Gasteiger partial charge in [-0.3, -0.25) is 0 Å². The Kier molecular flexibility index (Phi) is 2.33. The molecule has 0 radical (unpaired) electrons. The molecule has 0 saturated carbocycles. The van der Waals surface area contributed by atoms with Crippen LogP contribution in [-0.2, 0) is 4.74 Å². The Morgan fingerprint density at radius 2 is 2.58 bits per heavy atom. The van der Waals surface area contributed by atoms with Crippen molar-refractivity contribution in [1.29, 1.82) is 0 Å². The summed E-state index contributed by atoms with van der Waals surface area (Å²) in [4.78, 5) is 0. The number of aromatic nitrogens is 3. The molecule has 0 aliphatic carbocycles. The van der Waals surface area contributed by atoms with Gasteiger partial charge in [0.25, 0.3) is 0 Å². The number of H-pyrrole nitrogens is 1. The van der Waals surface area contributed by atoms with Crippen LogP contribution in [0.1, 0.15) is 18.2 Å². The van der Waals surface area contributed by atoms with E-state index in [4.69, 9.17) is 4.74 Å². The zero-order valence-electron chi connectivity index (χ0n) is 6.79. The Morgan fingerprint density at radius 3 is 3.42 bits per heavy atom. The Bertz CT molecular complexity index is 215. The van der Waals surface area contributed by atoms with Crippen LogP contribution in [0.25, 0.3) is 0 Å². The fourth-order valence-electron chi connectivity index (χ4n) is 1.28. The maximum absolute atomic E-state index is 5.39. The molecule has 1 atom stereocenters. The number of hydrogen-bond acceptors (Lipinski definition) is 4. The molecule has 1 fully saturated rings. The maximum atomic E-state index is 5.39. The van der Waals surface area contributed by atoms with Crippen molar-refractivity contribution in [2.75, 3.05) is 19.8 Å². The van der Waals surface area contributed by atoms with E-state index in [2.05, 4.69) is 20.7 Å². The third-order valence-electron chi connectivity index (χ3n) is 1.93. The summed E-state index contributed by atoms with van der Waals surface area (Å²) in [6.45, 7) is 2.51. The van der Waals surface area contributed by atoms with Gasteiger partial charge in [-0.1, -0.05) is 0 Å². The summed E-state index contributed by atoms with van der Waals surface area (Å²) in [6, 6.07) is 0.200. The van der Waals surface area contributed by atoms with E-state index in [1.165, 1.54) is 0 Å². The zero-order chi connectivity index (χ0) is 8.23. The molecule has 1 aliphatic heterocycles. The molecule has 1 aliphatic rings. The van der Waals surface area contributed by atoms with Gasteiger partial charge in [0.2, 0.25) is 0 Å². The highest BCUT2D eigenvalue weighted by Crippen LogP contribution is 2.10. The number of nitrogens with one attached hydrogen (secondary N) is 2. The molecule has 0 spiro atoms. The van der Waals surface area contributed by atoms with E-state index in [0.717, 1.165) is 25.3 Å². The first-order valence-electron chi connectivity index (χ1n) is 4.13. The first-order valence-corrected chi connectivity index (χ1v) is 4.13. The van der Waals surface area contributed by atoms with Gasteiger partial charge in [-0.05, 0) is 13.0 Å². The van der Waals surface area contributed by atoms with Crippen molar-refractivity contribution in [3.05, 3.63) is 11.9 Å². The van der Waals surface area contributed by atoms with Crippen molar-refractivity contribution in [3.63, 3.8) is 0 Å². The van der Waals surface area contributed by atoms with Crippen LogP contribution in [0.4, 0.5) is 0 Å². The van der Waals surface area contributed by atoms with Gasteiger partial charge in [-0.2, -0.15) is 15.4 Å². The number of aromatic amines is 1. The molecule has 2 N–H and O–H groups in total. The molecule has 2 rings (SSSR count). The molecule has 0 bridgehead atoms. The van der Waals surface area contributed by atoms with E-state index in [1.54, 1.807) is 6.20 Å². The smallest absolute Gasteiger partial charge is 0.102 e.